The summed E-state index contributed by atoms with van der Waals surface area (Å²) >= 11 is 0. The fraction of sp³-hybridized carbons (Fsp3) is 0.375. The maximum Gasteiger partial charge on any atom is 0.484 e. The Kier molecular flexibility index (Phi) is 2.08. The number of halogens is 3. The molecule has 12 heavy (non-hydrogen) atoms. The molecule has 4 heteroatoms. The quantitative estimate of drug-likeness (QED) is 0.531. The number of alkyl halides is 3. The number of hydrogen-bond donors (Lipinski definition) is 0. The summed E-state index contributed by atoms with van der Waals surface area (Å²) in [5.41, 5.74) is -0.336. The first kappa shape index (κ1) is 9.03. The van der Waals surface area contributed by atoms with Gasteiger partial charge in [0.05, 0.1) is 11.1 Å². The zero-order chi connectivity index (χ0) is 9.35. The van der Waals surface area contributed by atoms with Gasteiger partial charge in [0.2, 0.25) is 0 Å². The summed E-state index contributed by atoms with van der Waals surface area (Å²) in [5, 5.41) is 0. The van der Waals surface area contributed by atoms with Crippen LogP contribution in [0.4, 0.5) is 13.2 Å². The van der Waals surface area contributed by atoms with Gasteiger partial charge in [-0.3, -0.25) is 0 Å². The van der Waals surface area contributed by atoms with Crippen LogP contribution in [0.5, 0.6) is 0 Å². The number of nitrogens with zero attached hydrogens (tertiary/aromatic N) is 1. The standard InChI is InChI=1S/C8H6F3N/c1-5-3-4-12-7(6(5)2)8(9,10)11/h1-2H3/q+1. The molecule has 63 valence electrons. The van der Waals surface area contributed by atoms with Crippen molar-refractivity contribution in [2.75, 3.05) is 0 Å². The summed E-state index contributed by atoms with van der Waals surface area (Å²) in [6, 6.07) is 0. The molecule has 1 aliphatic rings. The Morgan fingerprint density at radius 1 is 1.25 bits per heavy atom. The lowest BCUT2D eigenvalue weighted by Crippen LogP contribution is -2.20. The van der Waals surface area contributed by atoms with Crippen LogP contribution in [-0.4, -0.2) is 12.4 Å². The number of hydrogen-bond acceptors (Lipinski definition) is 1. The van der Waals surface area contributed by atoms with E-state index >= 15 is 0 Å². The normalized spacial score (nSPS) is 18.2. The molecule has 0 aromatic rings. The van der Waals surface area contributed by atoms with E-state index in [1.807, 2.05) is 0 Å². The van der Waals surface area contributed by atoms with Crippen molar-refractivity contribution in [3.8, 4) is 0 Å². The van der Waals surface area contributed by atoms with Crippen LogP contribution < -0.4 is 4.99 Å². The third-order valence-electron chi connectivity index (χ3n) is 1.60. The topological polar surface area (TPSA) is 14.1 Å². The van der Waals surface area contributed by atoms with Crippen LogP contribution in [0.1, 0.15) is 13.8 Å². The minimum atomic E-state index is -4.39. The van der Waals surface area contributed by atoms with E-state index in [2.05, 4.69) is 17.3 Å². The van der Waals surface area contributed by atoms with Gasteiger partial charge in [-0.05, 0) is 19.4 Å². The molecule has 1 rings (SSSR count). The van der Waals surface area contributed by atoms with Crippen molar-refractivity contribution < 1.29 is 13.2 Å². The van der Waals surface area contributed by atoms with Gasteiger partial charge in [-0.1, -0.05) is 0 Å². The zero-order valence-electron chi connectivity index (χ0n) is 6.58. The van der Waals surface area contributed by atoms with Crippen molar-refractivity contribution in [3.05, 3.63) is 22.9 Å². The molecule has 0 N–H and O–H groups in total. The van der Waals surface area contributed by atoms with Crippen molar-refractivity contribution >= 4 is 6.21 Å². The van der Waals surface area contributed by atoms with Gasteiger partial charge < -0.3 is 0 Å². The lowest BCUT2D eigenvalue weighted by Gasteiger charge is -2.04. The molecular formula is C8H6F3N+. The zero-order valence-corrected chi connectivity index (χ0v) is 6.58. The Bertz CT molecular complexity index is 281. The Hall–Kier alpha value is -1.06. The molecule has 0 fully saturated rings. The molecular weight excluding hydrogens is 167 g/mol. The van der Waals surface area contributed by atoms with E-state index in [-0.39, 0.29) is 5.57 Å². The highest BCUT2D eigenvalue weighted by atomic mass is 19.4. The van der Waals surface area contributed by atoms with Gasteiger partial charge in [-0.2, -0.15) is 13.2 Å². The van der Waals surface area contributed by atoms with E-state index in [1.54, 1.807) is 6.92 Å². The van der Waals surface area contributed by atoms with Gasteiger partial charge in [-0.25, -0.2) is 0 Å². The van der Waals surface area contributed by atoms with Gasteiger partial charge in [0.1, 0.15) is 0 Å². The third-order valence-corrected chi connectivity index (χ3v) is 1.60. The molecule has 3 radical (unpaired) electrons. The van der Waals surface area contributed by atoms with E-state index in [0.29, 0.717) is 5.57 Å². The molecule has 1 nitrogen and oxygen atoms in total. The largest absolute Gasteiger partial charge is 0.484 e. The van der Waals surface area contributed by atoms with Gasteiger partial charge in [0.15, 0.2) is 0 Å². The lowest BCUT2D eigenvalue weighted by atomic mass is 10.1. The maximum absolute atomic E-state index is 12.1. The Morgan fingerprint density at radius 3 is 2.25 bits per heavy atom. The average Bonchev–Trinajstić information content (AvgIpc) is 1.92. The van der Waals surface area contributed by atoms with E-state index in [9.17, 15) is 13.2 Å². The first-order valence-electron chi connectivity index (χ1n) is 3.26. The summed E-state index contributed by atoms with van der Waals surface area (Å²) in [7, 11) is 0. The van der Waals surface area contributed by atoms with E-state index in [4.69, 9.17) is 0 Å². The van der Waals surface area contributed by atoms with Gasteiger partial charge in [0, 0.05) is 5.57 Å². The number of aliphatic imine (C=N–C) groups is 1. The Balaban J connectivity index is 3.15. The molecule has 0 aromatic carbocycles. The first-order valence-corrected chi connectivity index (χ1v) is 3.26. The number of rotatable bonds is 0. The fourth-order valence-corrected chi connectivity index (χ4v) is 0.799. The molecule has 0 aromatic heterocycles. The van der Waals surface area contributed by atoms with Crippen molar-refractivity contribution in [3.63, 3.8) is 0 Å². The predicted molar refractivity (Wildman–Crippen MR) is 38.3 cm³/mol. The van der Waals surface area contributed by atoms with Crippen LogP contribution in [0.15, 0.2) is 16.8 Å². The average molecular weight is 173 g/mol. The maximum atomic E-state index is 12.1. The van der Waals surface area contributed by atoms with Gasteiger partial charge in [-0.15, -0.1) is 0 Å². The van der Waals surface area contributed by atoms with E-state index in [0.717, 1.165) is 0 Å². The monoisotopic (exact) mass is 173 g/mol. The van der Waals surface area contributed by atoms with Crippen molar-refractivity contribution in [1.82, 2.24) is 4.99 Å². The minimum absolute atomic E-state index is 0.112. The molecule has 1 heterocycles. The molecule has 0 saturated heterocycles. The molecule has 0 amide bonds. The summed E-state index contributed by atoms with van der Waals surface area (Å²) in [6.45, 7) is 2.91. The van der Waals surface area contributed by atoms with Crippen LogP contribution in [0.3, 0.4) is 0 Å². The van der Waals surface area contributed by atoms with Crippen LogP contribution in [0.2, 0.25) is 0 Å². The molecule has 0 unspecified atom stereocenters. The van der Waals surface area contributed by atoms with Crippen LogP contribution in [0, 0.1) is 6.08 Å². The molecule has 1 aliphatic heterocycles. The van der Waals surface area contributed by atoms with Crippen LogP contribution >= 0.6 is 0 Å². The van der Waals surface area contributed by atoms with E-state index in [1.165, 1.54) is 6.92 Å². The second-order valence-electron chi connectivity index (χ2n) is 2.44. The summed E-state index contributed by atoms with van der Waals surface area (Å²) in [5.74, 6) is 0. The van der Waals surface area contributed by atoms with Gasteiger partial charge in [0.25, 0.3) is 0 Å². The highest BCUT2D eigenvalue weighted by Gasteiger charge is 2.46. The summed E-state index contributed by atoms with van der Waals surface area (Å²) in [4.78, 5) is 3.10. The van der Waals surface area contributed by atoms with Crippen molar-refractivity contribution in [2.24, 2.45) is 0 Å². The molecule has 0 atom stereocenters. The molecule has 0 spiro atoms. The van der Waals surface area contributed by atoms with Crippen LogP contribution in [-0.2, 0) is 0 Å². The SMILES string of the molecule is CC1=[C][C]=[N+]C(C(F)(F)F)=C1C. The smallest absolute Gasteiger partial charge is 0.161 e. The lowest BCUT2D eigenvalue weighted by molar-refractivity contribution is -0.0950. The molecule has 0 bridgehead atoms. The first-order chi connectivity index (χ1) is 5.43. The number of allylic oxidation sites excluding steroid dienone is 4. The fourth-order valence-electron chi connectivity index (χ4n) is 0.799. The van der Waals surface area contributed by atoms with Crippen molar-refractivity contribution in [1.29, 1.82) is 0 Å². The summed E-state index contributed by atoms with van der Waals surface area (Å²) in [6.07, 6.45) is 0.169. The molecule has 0 saturated carbocycles. The Morgan fingerprint density at radius 2 is 1.83 bits per heavy atom. The van der Waals surface area contributed by atoms with E-state index < -0.39 is 11.9 Å². The summed E-state index contributed by atoms with van der Waals surface area (Å²) < 4.78 is 36.4. The Labute approximate surface area is 68.3 Å². The second-order valence-corrected chi connectivity index (χ2v) is 2.44. The highest BCUT2D eigenvalue weighted by Crippen LogP contribution is 2.29. The molecule has 0 aliphatic carbocycles. The predicted octanol–water partition coefficient (Wildman–Crippen LogP) is 1.87. The van der Waals surface area contributed by atoms with Gasteiger partial charge >= 0.3 is 18.1 Å². The third kappa shape index (κ3) is 1.57. The van der Waals surface area contributed by atoms with Crippen molar-refractivity contribution in [2.45, 2.75) is 20.0 Å². The minimum Gasteiger partial charge on any atom is -0.161 e. The highest BCUT2D eigenvalue weighted by molar-refractivity contribution is 5.71. The van der Waals surface area contributed by atoms with Crippen LogP contribution in [0.25, 0.3) is 0 Å². The second kappa shape index (κ2) is 2.77.